The van der Waals surface area contributed by atoms with E-state index in [9.17, 15) is 14.3 Å². The fourth-order valence-corrected chi connectivity index (χ4v) is 4.25. The molecular formula is C26H31FN8O2. The Hall–Kier alpha value is -3.96. The number of aliphatic hydroxyl groups is 1. The molecule has 0 aliphatic rings. The molecule has 2 heterocycles. The zero-order valence-electron chi connectivity index (χ0n) is 20.9. The molecule has 0 aliphatic heterocycles. The largest absolute Gasteiger partial charge is 0.388 e. The smallest absolute Gasteiger partial charge is 0.247 e. The summed E-state index contributed by atoms with van der Waals surface area (Å²) in [4.78, 5) is 20.8. The molecule has 0 spiro atoms. The summed E-state index contributed by atoms with van der Waals surface area (Å²) in [5, 5.41) is 22.7. The van der Waals surface area contributed by atoms with Gasteiger partial charge >= 0.3 is 0 Å². The van der Waals surface area contributed by atoms with Crippen molar-refractivity contribution >= 4 is 5.91 Å². The van der Waals surface area contributed by atoms with Gasteiger partial charge in [0.1, 0.15) is 24.6 Å². The number of alkyl halides is 1. The fraction of sp³-hybridized carbons (Fsp3) is 0.346. The molecule has 11 heteroatoms. The highest BCUT2D eigenvalue weighted by Gasteiger charge is 2.41. The van der Waals surface area contributed by atoms with E-state index >= 15 is 0 Å². The number of aromatic nitrogens is 6. The van der Waals surface area contributed by atoms with E-state index < -0.39 is 23.7 Å². The highest BCUT2D eigenvalue weighted by molar-refractivity contribution is 5.76. The monoisotopic (exact) mass is 506 g/mol. The normalized spacial score (nSPS) is 13.3. The summed E-state index contributed by atoms with van der Waals surface area (Å²) >= 11 is 0. The van der Waals surface area contributed by atoms with Crippen LogP contribution in [-0.2, 0) is 17.9 Å². The van der Waals surface area contributed by atoms with Gasteiger partial charge in [-0.2, -0.15) is 4.80 Å². The van der Waals surface area contributed by atoms with Crippen molar-refractivity contribution in [2.45, 2.75) is 44.8 Å². The van der Waals surface area contributed by atoms with Crippen LogP contribution >= 0.6 is 0 Å². The van der Waals surface area contributed by atoms with Crippen LogP contribution in [-0.4, -0.2) is 70.5 Å². The summed E-state index contributed by atoms with van der Waals surface area (Å²) in [6.45, 7) is 2.69. The summed E-state index contributed by atoms with van der Waals surface area (Å²) < 4.78 is 16.6. The first-order valence-corrected chi connectivity index (χ1v) is 12.0. The van der Waals surface area contributed by atoms with Gasteiger partial charge < -0.3 is 20.3 Å². The van der Waals surface area contributed by atoms with Crippen LogP contribution in [0.3, 0.4) is 0 Å². The van der Waals surface area contributed by atoms with Gasteiger partial charge in [-0.15, -0.1) is 10.2 Å². The van der Waals surface area contributed by atoms with Crippen molar-refractivity contribution < 1.29 is 14.3 Å². The predicted octanol–water partition coefficient (Wildman–Crippen LogP) is 2.22. The number of nitrogens with two attached hydrogens (primary N) is 1. The van der Waals surface area contributed by atoms with Gasteiger partial charge in [0.2, 0.25) is 5.91 Å². The molecule has 1 amide bonds. The second kappa shape index (κ2) is 11.4. The fourth-order valence-electron chi connectivity index (χ4n) is 4.25. The lowest BCUT2D eigenvalue weighted by atomic mass is 9.95. The zero-order chi connectivity index (χ0) is 26.4. The summed E-state index contributed by atoms with van der Waals surface area (Å²) in [6, 6.07) is 18.4. The van der Waals surface area contributed by atoms with E-state index in [1.807, 2.05) is 71.4 Å². The average molecular weight is 507 g/mol. The van der Waals surface area contributed by atoms with Crippen LogP contribution in [0.15, 0.2) is 73.2 Å². The molecule has 2 aromatic carbocycles. The van der Waals surface area contributed by atoms with E-state index in [1.165, 1.54) is 11.2 Å². The molecule has 0 aliphatic carbocycles. The van der Waals surface area contributed by atoms with Crippen molar-refractivity contribution in [3.63, 3.8) is 0 Å². The van der Waals surface area contributed by atoms with Gasteiger partial charge in [-0.1, -0.05) is 60.7 Å². The van der Waals surface area contributed by atoms with Crippen LogP contribution in [0.2, 0.25) is 0 Å². The number of rotatable bonds is 11. The summed E-state index contributed by atoms with van der Waals surface area (Å²) in [6.07, 6.45) is 1.58. The van der Waals surface area contributed by atoms with Crippen molar-refractivity contribution in [3.8, 4) is 11.3 Å². The number of nitrogens with zero attached hydrogens (tertiary/aromatic N) is 7. The SMILES string of the molecule is CC(C)(O)[C@H](c1nc(-c2ccccc2)cn1Cc1ccccc1)N(C[C@@H](F)CN)C(=O)Cn1ncnn1. The minimum Gasteiger partial charge on any atom is -0.388 e. The predicted molar refractivity (Wildman–Crippen MR) is 136 cm³/mol. The topological polar surface area (TPSA) is 128 Å². The van der Waals surface area contributed by atoms with Crippen LogP contribution in [0, 0.1) is 0 Å². The molecule has 0 saturated heterocycles. The van der Waals surface area contributed by atoms with Crippen LogP contribution in [0.5, 0.6) is 0 Å². The molecule has 37 heavy (non-hydrogen) atoms. The Morgan fingerprint density at radius 3 is 2.41 bits per heavy atom. The molecule has 2 aromatic heterocycles. The molecule has 0 saturated carbocycles. The maximum absolute atomic E-state index is 14.7. The Bertz CT molecular complexity index is 1270. The third-order valence-corrected chi connectivity index (χ3v) is 5.94. The maximum atomic E-state index is 14.7. The van der Waals surface area contributed by atoms with Gasteiger partial charge in [0.15, 0.2) is 6.33 Å². The number of hydrogen-bond acceptors (Lipinski definition) is 7. The van der Waals surface area contributed by atoms with Gasteiger partial charge in [0.25, 0.3) is 0 Å². The van der Waals surface area contributed by atoms with Crippen molar-refractivity contribution in [1.29, 1.82) is 0 Å². The van der Waals surface area contributed by atoms with Crippen LogP contribution in [0.25, 0.3) is 11.3 Å². The second-order valence-electron chi connectivity index (χ2n) is 9.37. The maximum Gasteiger partial charge on any atom is 0.247 e. The molecule has 0 unspecified atom stereocenters. The summed E-state index contributed by atoms with van der Waals surface area (Å²) in [5.74, 6) is -0.0870. The van der Waals surface area contributed by atoms with Crippen LogP contribution < -0.4 is 5.73 Å². The number of carbonyl (C=O) groups excluding carboxylic acids is 1. The number of hydrogen-bond donors (Lipinski definition) is 2. The minimum atomic E-state index is -1.51. The Kier molecular flexibility index (Phi) is 8.04. The van der Waals surface area contributed by atoms with E-state index in [2.05, 4.69) is 15.4 Å². The van der Waals surface area contributed by atoms with Gasteiger partial charge in [0, 0.05) is 24.8 Å². The third kappa shape index (κ3) is 6.43. The van der Waals surface area contributed by atoms with E-state index in [-0.39, 0.29) is 19.6 Å². The first kappa shape index (κ1) is 26.1. The van der Waals surface area contributed by atoms with Gasteiger partial charge in [-0.05, 0) is 24.6 Å². The molecule has 10 nitrogen and oxygen atoms in total. The Labute approximate surface area is 214 Å². The molecule has 0 bridgehead atoms. The number of amides is 1. The Morgan fingerprint density at radius 1 is 1.14 bits per heavy atom. The third-order valence-electron chi connectivity index (χ3n) is 5.94. The number of tetrazole rings is 1. The van der Waals surface area contributed by atoms with Gasteiger partial charge in [-0.3, -0.25) is 4.79 Å². The molecule has 4 aromatic rings. The number of carbonyl (C=O) groups is 1. The van der Waals surface area contributed by atoms with E-state index in [0.29, 0.717) is 18.1 Å². The summed E-state index contributed by atoms with van der Waals surface area (Å²) in [5.41, 5.74) is 6.64. The lowest BCUT2D eigenvalue weighted by Crippen LogP contribution is -2.50. The first-order valence-electron chi connectivity index (χ1n) is 12.0. The number of imidazole rings is 1. The zero-order valence-corrected chi connectivity index (χ0v) is 20.9. The minimum absolute atomic E-state index is 0.280. The lowest BCUT2D eigenvalue weighted by Gasteiger charge is -2.39. The van der Waals surface area contributed by atoms with E-state index in [4.69, 9.17) is 10.7 Å². The lowest BCUT2D eigenvalue weighted by molar-refractivity contribution is -0.143. The highest BCUT2D eigenvalue weighted by atomic mass is 19.1. The average Bonchev–Trinajstić information content (AvgIpc) is 3.54. The first-order chi connectivity index (χ1) is 17.8. The Balaban J connectivity index is 1.83. The highest BCUT2D eigenvalue weighted by Crippen LogP contribution is 2.34. The number of benzene rings is 2. The van der Waals surface area contributed by atoms with Crippen LogP contribution in [0.4, 0.5) is 4.39 Å². The number of halogens is 1. The van der Waals surface area contributed by atoms with Gasteiger partial charge in [-0.25, -0.2) is 9.37 Å². The summed E-state index contributed by atoms with van der Waals surface area (Å²) in [7, 11) is 0. The molecule has 194 valence electrons. The van der Waals surface area contributed by atoms with Crippen molar-refractivity contribution in [2.75, 3.05) is 13.1 Å². The molecule has 2 atom stereocenters. The van der Waals surface area contributed by atoms with E-state index in [0.717, 1.165) is 15.9 Å². The standard InChI is InChI=1S/C26H31FN8O2/c1-26(2,37)24(34(15-21(27)13-28)23(36)17-35-30-18-29-32-35)25-31-22(20-11-7-4-8-12-20)16-33(25)14-19-9-5-3-6-10-19/h3-12,16,18,21,24,37H,13-15,17,28H2,1-2H3/t21-,24-/m0/s1. The second-order valence-corrected chi connectivity index (χ2v) is 9.37. The molecule has 0 fully saturated rings. The molecular weight excluding hydrogens is 475 g/mol. The molecule has 0 radical (unpaired) electrons. The molecule has 4 rings (SSSR count). The molecule has 3 N–H and O–H groups in total. The quantitative estimate of drug-likeness (QED) is 0.319. The van der Waals surface area contributed by atoms with Crippen molar-refractivity contribution in [1.82, 2.24) is 34.7 Å². The van der Waals surface area contributed by atoms with E-state index in [1.54, 1.807) is 13.8 Å². The van der Waals surface area contributed by atoms with Crippen molar-refractivity contribution in [2.24, 2.45) is 5.73 Å². The van der Waals surface area contributed by atoms with Gasteiger partial charge in [0.05, 0.1) is 17.8 Å². The van der Waals surface area contributed by atoms with Crippen LogP contribution in [0.1, 0.15) is 31.3 Å². The Morgan fingerprint density at radius 2 is 1.81 bits per heavy atom. The van der Waals surface area contributed by atoms with Crippen molar-refractivity contribution in [3.05, 3.63) is 84.6 Å².